The number of fused-ring (bicyclic) bond motifs is 1. The van der Waals surface area contributed by atoms with Crippen LogP contribution in [0.15, 0.2) is 36.4 Å². The van der Waals surface area contributed by atoms with Gasteiger partial charge in [-0.2, -0.15) is 0 Å². The van der Waals surface area contributed by atoms with Crippen molar-refractivity contribution >= 4 is 23.8 Å². The predicted octanol–water partition coefficient (Wildman–Crippen LogP) is 1.95. The number of allylic oxidation sites excluding steroid dienone is 2. The summed E-state index contributed by atoms with van der Waals surface area (Å²) in [5.74, 6) is -0.692. The van der Waals surface area contributed by atoms with E-state index < -0.39 is 0 Å². The summed E-state index contributed by atoms with van der Waals surface area (Å²) in [4.78, 5) is 36.5. The Morgan fingerprint density at radius 3 is 1.95 bits per heavy atom. The molecule has 2 atom stereocenters. The van der Waals surface area contributed by atoms with Crippen molar-refractivity contribution in [1.29, 1.82) is 0 Å². The molecule has 0 aromatic heterocycles. The summed E-state index contributed by atoms with van der Waals surface area (Å²) >= 11 is 0. The van der Waals surface area contributed by atoms with Crippen LogP contribution in [0.25, 0.3) is 0 Å². The number of nitrogens with zero attached hydrogens (tertiary/aromatic N) is 1. The number of amides is 2. The maximum Gasteiger partial charge on any atom is 0.238 e. The summed E-state index contributed by atoms with van der Waals surface area (Å²) in [7, 11) is 0. The molecule has 1 saturated heterocycles. The van der Waals surface area contributed by atoms with Crippen molar-refractivity contribution in [3.8, 4) is 0 Å². The van der Waals surface area contributed by atoms with Crippen LogP contribution < -0.4 is 4.90 Å². The van der Waals surface area contributed by atoms with Crippen LogP contribution in [0.4, 0.5) is 5.69 Å². The molecule has 1 aromatic carbocycles. The van der Waals surface area contributed by atoms with Crippen LogP contribution in [0.3, 0.4) is 0 Å². The van der Waals surface area contributed by atoms with Crippen LogP contribution in [0.1, 0.15) is 23.2 Å². The zero-order chi connectivity index (χ0) is 13.4. The van der Waals surface area contributed by atoms with Crippen molar-refractivity contribution in [1.82, 2.24) is 0 Å². The fourth-order valence-corrected chi connectivity index (χ4v) is 2.76. The molecule has 0 N–H and O–H groups in total. The van der Waals surface area contributed by atoms with Gasteiger partial charge in [0, 0.05) is 5.56 Å². The van der Waals surface area contributed by atoms with Gasteiger partial charge in [0.2, 0.25) is 11.8 Å². The van der Waals surface area contributed by atoms with Crippen molar-refractivity contribution in [3.05, 3.63) is 42.0 Å². The van der Waals surface area contributed by atoms with E-state index >= 15 is 0 Å². The number of benzene rings is 1. The number of hydrogen-bond acceptors (Lipinski definition) is 3. The topological polar surface area (TPSA) is 54.5 Å². The molecule has 1 aromatic rings. The second-order valence-electron chi connectivity index (χ2n) is 4.88. The van der Waals surface area contributed by atoms with E-state index in [4.69, 9.17) is 0 Å². The van der Waals surface area contributed by atoms with E-state index in [1.54, 1.807) is 24.3 Å². The van der Waals surface area contributed by atoms with Crippen LogP contribution in [0.5, 0.6) is 0 Å². The van der Waals surface area contributed by atoms with Crippen molar-refractivity contribution in [2.75, 3.05) is 4.90 Å². The first-order valence-corrected chi connectivity index (χ1v) is 6.30. The van der Waals surface area contributed by atoms with Gasteiger partial charge in [0.25, 0.3) is 0 Å². The highest BCUT2D eigenvalue weighted by molar-refractivity contribution is 6.22. The third-order valence-electron chi connectivity index (χ3n) is 3.79. The van der Waals surface area contributed by atoms with Gasteiger partial charge in [-0.1, -0.05) is 12.2 Å². The van der Waals surface area contributed by atoms with Crippen molar-refractivity contribution in [2.45, 2.75) is 12.8 Å². The first-order chi connectivity index (χ1) is 9.22. The third kappa shape index (κ3) is 1.80. The quantitative estimate of drug-likeness (QED) is 0.461. The van der Waals surface area contributed by atoms with E-state index in [-0.39, 0.29) is 23.7 Å². The van der Waals surface area contributed by atoms with Crippen LogP contribution in [0, 0.1) is 11.8 Å². The molecule has 1 heterocycles. The Balaban J connectivity index is 1.94. The van der Waals surface area contributed by atoms with Crippen LogP contribution in [-0.4, -0.2) is 18.1 Å². The van der Waals surface area contributed by atoms with Crippen LogP contribution in [0.2, 0.25) is 0 Å². The van der Waals surface area contributed by atoms with Crippen molar-refractivity contribution in [3.63, 3.8) is 0 Å². The Morgan fingerprint density at radius 2 is 1.47 bits per heavy atom. The van der Waals surface area contributed by atoms with E-state index in [1.165, 1.54) is 4.90 Å². The standard InChI is InChI=1S/C15H13NO3/c17-9-10-5-7-11(8-6-10)16-14(18)12-3-1-2-4-13(12)15(16)19/h1-2,5-9,12-13H,3-4H2. The Bertz CT molecular complexity index is 548. The third-order valence-corrected chi connectivity index (χ3v) is 3.79. The first-order valence-electron chi connectivity index (χ1n) is 6.30. The lowest BCUT2D eigenvalue weighted by atomic mass is 9.85. The smallest absolute Gasteiger partial charge is 0.238 e. The number of hydrogen-bond donors (Lipinski definition) is 0. The van der Waals surface area contributed by atoms with Gasteiger partial charge >= 0.3 is 0 Å². The molecule has 0 bridgehead atoms. The van der Waals surface area contributed by atoms with Crippen LogP contribution >= 0.6 is 0 Å². The highest BCUT2D eigenvalue weighted by Crippen LogP contribution is 2.37. The Kier molecular flexibility index (Phi) is 2.78. The lowest BCUT2D eigenvalue weighted by Crippen LogP contribution is -2.30. The summed E-state index contributed by atoms with van der Waals surface area (Å²) in [5, 5.41) is 0. The fraction of sp³-hybridized carbons (Fsp3) is 0.267. The molecular formula is C15H13NO3. The Hall–Kier alpha value is -2.23. The molecule has 0 spiro atoms. The average molecular weight is 255 g/mol. The minimum atomic E-state index is -0.219. The van der Waals surface area contributed by atoms with Gasteiger partial charge in [-0.15, -0.1) is 0 Å². The van der Waals surface area contributed by atoms with Gasteiger partial charge in [0.15, 0.2) is 0 Å². The summed E-state index contributed by atoms with van der Waals surface area (Å²) < 4.78 is 0. The number of imide groups is 1. The molecule has 96 valence electrons. The van der Waals surface area contributed by atoms with E-state index in [0.717, 1.165) is 6.29 Å². The summed E-state index contributed by atoms with van der Waals surface area (Å²) in [6.07, 6.45) is 5.94. The van der Waals surface area contributed by atoms with Gasteiger partial charge in [0.1, 0.15) is 6.29 Å². The summed E-state index contributed by atoms with van der Waals surface area (Å²) in [6.45, 7) is 0. The monoisotopic (exact) mass is 255 g/mol. The molecule has 2 aliphatic rings. The Morgan fingerprint density at radius 1 is 0.947 bits per heavy atom. The van der Waals surface area contributed by atoms with Crippen molar-refractivity contribution in [2.24, 2.45) is 11.8 Å². The van der Waals surface area contributed by atoms with Gasteiger partial charge in [-0.25, -0.2) is 0 Å². The molecule has 0 radical (unpaired) electrons. The molecule has 2 unspecified atom stereocenters. The molecule has 1 aliphatic carbocycles. The number of anilines is 1. The van der Waals surface area contributed by atoms with Gasteiger partial charge in [-0.3, -0.25) is 19.3 Å². The predicted molar refractivity (Wildman–Crippen MR) is 69.7 cm³/mol. The molecular weight excluding hydrogens is 242 g/mol. The van der Waals surface area contributed by atoms with E-state index in [0.29, 0.717) is 24.1 Å². The fourth-order valence-electron chi connectivity index (χ4n) is 2.76. The molecule has 0 saturated carbocycles. The maximum atomic E-state index is 12.3. The molecule has 3 rings (SSSR count). The van der Waals surface area contributed by atoms with Gasteiger partial charge < -0.3 is 0 Å². The SMILES string of the molecule is O=Cc1ccc(N2C(=O)C3CC=CCC3C2=O)cc1. The molecule has 1 aliphatic heterocycles. The lowest BCUT2D eigenvalue weighted by molar-refractivity contribution is -0.122. The Labute approximate surface area is 110 Å². The molecule has 19 heavy (non-hydrogen) atoms. The molecule has 1 fully saturated rings. The minimum absolute atomic E-state index is 0.127. The zero-order valence-electron chi connectivity index (χ0n) is 10.3. The maximum absolute atomic E-state index is 12.3. The lowest BCUT2D eigenvalue weighted by Gasteiger charge is -2.14. The van der Waals surface area contributed by atoms with Gasteiger partial charge in [-0.05, 0) is 37.1 Å². The highest BCUT2D eigenvalue weighted by atomic mass is 16.2. The molecule has 4 heteroatoms. The minimum Gasteiger partial charge on any atom is -0.298 e. The zero-order valence-corrected chi connectivity index (χ0v) is 10.3. The molecule has 4 nitrogen and oxygen atoms in total. The number of rotatable bonds is 2. The highest BCUT2D eigenvalue weighted by Gasteiger charge is 2.47. The van der Waals surface area contributed by atoms with Gasteiger partial charge in [0.05, 0.1) is 17.5 Å². The second-order valence-corrected chi connectivity index (χ2v) is 4.88. The number of carbonyl (C=O) groups excluding carboxylic acids is 3. The number of carbonyl (C=O) groups is 3. The number of aldehydes is 1. The van der Waals surface area contributed by atoms with Crippen LogP contribution in [-0.2, 0) is 9.59 Å². The van der Waals surface area contributed by atoms with Crippen molar-refractivity contribution < 1.29 is 14.4 Å². The molecule has 2 amide bonds. The first kappa shape index (κ1) is 11.8. The second kappa shape index (κ2) is 4.46. The average Bonchev–Trinajstić information content (AvgIpc) is 2.72. The summed E-state index contributed by atoms with van der Waals surface area (Å²) in [5.41, 5.74) is 1.08. The normalized spacial score (nSPS) is 25.6. The van der Waals surface area contributed by atoms with E-state index in [9.17, 15) is 14.4 Å². The van der Waals surface area contributed by atoms with E-state index in [1.807, 2.05) is 12.2 Å². The van der Waals surface area contributed by atoms with E-state index in [2.05, 4.69) is 0 Å². The largest absolute Gasteiger partial charge is 0.298 e. The summed E-state index contributed by atoms with van der Waals surface area (Å²) in [6, 6.07) is 6.51.